The van der Waals surface area contributed by atoms with E-state index in [1.165, 1.54) is 25.3 Å². The normalized spacial score (nSPS) is 26.9. The summed E-state index contributed by atoms with van der Waals surface area (Å²) in [5.41, 5.74) is 0. The third-order valence-electron chi connectivity index (χ3n) is 7.93. The van der Waals surface area contributed by atoms with E-state index in [9.17, 15) is 50.0 Å². The number of rotatable bonds is 25. The van der Waals surface area contributed by atoms with E-state index in [0.717, 1.165) is 51.4 Å². The Labute approximate surface area is 279 Å². The summed E-state index contributed by atoms with van der Waals surface area (Å²) in [6, 6.07) is -1.26. The second kappa shape index (κ2) is 24.6. The molecule has 274 valence electrons. The van der Waals surface area contributed by atoms with Crippen LogP contribution >= 0.6 is 7.82 Å². The lowest BCUT2D eigenvalue weighted by Gasteiger charge is -2.41. The van der Waals surface area contributed by atoms with Gasteiger partial charge in [0.25, 0.3) is 0 Å². The van der Waals surface area contributed by atoms with Crippen molar-refractivity contribution in [1.82, 2.24) is 5.32 Å². The zero-order valence-electron chi connectivity index (χ0n) is 27.9. The van der Waals surface area contributed by atoms with Crippen molar-refractivity contribution in [3.05, 3.63) is 36.5 Å². The molecular weight excluding hydrogens is 633 g/mol. The SMILES string of the molecule is CCC/C=C/CC/C=C/C(O)C(COP(=O)(O)OC1C(O)C(O)C(O)C(O)C1O)NC(=O)CC(O)CCCCC/C=C\CCCCC. The van der Waals surface area contributed by atoms with Gasteiger partial charge >= 0.3 is 7.82 Å². The second-order valence-electron chi connectivity index (χ2n) is 12.2. The maximum atomic E-state index is 12.8. The lowest BCUT2D eigenvalue weighted by Crippen LogP contribution is -2.64. The molecule has 1 fully saturated rings. The van der Waals surface area contributed by atoms with Crippen LogP contribution in [0.5, 0.6) is 0 Å². The van der Waals surface area contributed by atoms with Gasteiger partial charge in [-0.1, -0.05) is 82.4 Å². The molecule has 8 unspecified atom stereocenters. The predicted molar refractivity (Wildman–Crippen MR) is 178 cm³/mol. The number of amides is 1. The van der Waals surface area contributed by atoms with Crippen LogP contribution < -0.4 is 5.32 Å². The van der Waals surface area contributed by atoms with Crippen molar-refractivity contribution in [2.45, 2.75) is 159 Å². The number of unbranched alkanes of at least 4 members (excludes halogenated alkanes) is 8. The van der Waals surface area contributed by atoms with Crippen LogP contribution in [0, 0.1) is 0 Å². The average molecular weight is 694 g/mol. The first-order valence-electron chi connectivity index (χ1n) is 17.0. The monoisotopic (exact) mass is 693 g/mol. The number of carbonyl (C=O) groups excluding carboxylic acids is 1. The minimum atomic E-state index is -5.13. The Kier molecular flexibility index (Phi) is 22.8. The fraction of sp³-hybridized carbons (Fsp3) is 0.788. The molecule has 14 heteroatoms. The van der Waals surface area contributed by atoms with Gasteiger partial charge in [-0.05, 0) is 51.4 Å². The van der Waals surface area contributed by atoms with Crippen LogP contribution in [0.3, 0.4) is 0 Å². The molecule has 1 saturated carbocycles. The third kappa shape index (κ3) is 18.2. The molecule has 1 rings (SSSR count). The van der Waals surface area contributed by atoms with E-state index in [2.05, 4.69) is 37.4 Å². The minimum Gasteiger partial charge on any atom is -0.393 e. The molecule has 0 spiro atoms. The topological polar surface area (TPSA) is 226 Å². The molecule has 0 saturated heterocycles. The smallest absolute Gasteiger partial charge is 0.393 e. The van der Waals surface area contributed by atoms with Gasteiger partial charge in [0.2, 0.25) is 5.91 Å². The number of carbonyl (C=O) groups is 1. The number of hydrogen-bond donors (Lipinski definition) is 9. The van der Waals surface area contributed by atoms with Crippen LogP contribution in [0.15, 0.2) is 36.5 Å². The number of allylic oxidation sites excluding steroid dienone is 5. The lowest BCUT2D eigenvalue weighted by atomic mass is 9.85. The van der Waals surface area contributed by atoms with E-state index in [0.29, 0.717) is 12.8 Å². The van der Waals surface area contributed by atoms with E-state index in [1.54, 1.807) is 6.08 Å². The van der Waals surface area contributed by atoms with Crippen LogP contribution in [0.2, 0.25) is 0 Å². The fourth-order valence-corrected chi connectivity index (χ4v) is 5.99. The van der Waals surface area contributed by atoms with E-state index in [-0.39, 0.29) is 6.42 Å². The summed E-state index contributed by atoms with van der Waals surface area (Å²) in [6.07, 6.45) is 8.94. The van der Waals surface area contributed by atoms with E-state index < -0.39 is 75.2 Å². The number of phosphoric ester groups is 1. The molecule has 0 bridgehead atoms. The predicted octanol–water partition coefficient (Wildman–Crippen LogP) is 2.68. The van der Waals surface area contributed by atoms with Gasteiger partial charge < -0.3 is 46.0 Å². The van der Waals surface area contributed by atoms with Gasteiger partial charge in [0, 0.05) is 0 Å². The maximum Gasteiger partial charge on any atom is 0.472 e. The first kappa shape index (κ1) is 43.5. The molecular formula is C33H60NO12P. The minimum absolute atomic E-state index is 0.266. The zero-order valence-corrected chi connectivity index (χ0v) is 28.8. The van der Waals surface area contributed by atoms with Gasteiger partial charge in [0.15, 0.2) is 0 Å². The number of nitrogens with one attached hydrogen (secondary N) is 1. The lowest BCUT2D eigenvalue weighted by molar-refractivity contribution is -0.220. The van der Waals surface area contributed by atoms with Crippen LogP contribution in [-0.4, -0.2) is 108 Å². The van der Waals surface area contributed by atoms with E-state index in [1.807, 2.05) is 6.08 Å². The Morgan fingerprint density at radius 2 is 1.30 bits per heavy atom. The van der Waals surface area contributed by atoms with Gasteiger partial charge in [-0.2, -0.15) is 0 Å². The average Bonchev–Trinajstić information content (AvgIpc) is 3.03. The summed E-state index contributed by atoms with van der Waals surface area (Å²) < 4.78 is 22.5. The highest BCUT2D eigenvalue weighted by Gasteiger charge is 2.51. The Hall–Kier alpha value is -1.48. The molecule has 0 aliphatic heterocycles. The molecule has 0 radical (unpaired) electrons. The highest BCUT2D eigenvalue weighted by molar-refractivity contribution is 7.47. The largest absolute Gasteiger partial charge is 0.472 e. The van der Waals surface area contributed by atoms with Crippen molar-refractivity contribution in [2.24, 2.45) is 0 Å². The molecule has 47 heavy (non-hydrogen) atoms. The zero-order chi connectivity index (χ0) is 35.2. The van der Waals surface area contributed by atoms with Crippen LogP contribution in [0.1, 0.15) is 104 Å². The second-order valence-corrected chi connectivity index (χ2v) is 13.6. The first-order chi connectivity index (χ1) is 22.3. The summed E-state index contributed by atoms with van der Waals surface area (Å²) >= 11 is 0. The standard InChI is InChI=1S/C33H60NO12P/c1-3-5-7-9-11-12-13-15-16-18-20-24(35)22-27(37)34-25(26(36)21-19-17-14-10-8-6-4-2)23-45-47(43,44)46-33-31(41)29(39)28(38)30(40)32(33)42/h8,10-12,19,21,24-26,28-33,35-36,38-42H,3-7,9,13-18,20,22-23H2,1-2H3,(H,34,37)(H,43,44)/b10-8+,12-11-,21-19+. The van der Waals surface area contributed by atoms with Crippen molar-refractivity contribution in [3.8, 4) is 0 Å². The van der Waals surface area contributed by atoms with Gasteiger partial charge in [0.1, 0.15) is 36.6 Å². The van der Waals surface area contributed by atoms with Crippen LogP contribution in [-0.2, 0) is 18.4 Å². The molecule has 13 nitrogen and oxygen atoms in total. The van der Waals surface area contributed by atoms with Gasteiger partial charge in [0.05, 0.1) is 31.3 Å². The van der Waals surface area contributed by atoms with Crippen molar-refractivity contribution in [3.63, 3.8) is 0 Å². The third-order valence-corrected chi connectivity index (χ3v) is 8.91. The van der Waals surface area contributed by atoms with E-state index >= 15 is 0 Å². The van der Waals surface area contributed by atoms with Gasteiger partial charge in [-0.3, -0.25) is 13.8 Å². The number of hydrogen-bond acceptors (Lipinski definition) is 11. The molecule has 0 aromatic rings. The molecule has 1 aliphatic carbocycles. The fourth-order valence-electron chi connectivity index (χ4n) is 5.02. The van der Waals surface area contributed by atoms with Crippen molar-refractivity contribution in [2.75, 3.05) is 6.61 Å². The highest BCUT2D eigenvalue weighted by Crippen LogP contribution is 2.47. The maximum absolute atomic E-state index is 12.8. The van der Waals surface area contributed by atoms with Gasteiger partial charge in [-0.15, -0.1) is 0 Å². The molecule has 0 heterocycles. The highest BCUT2D eigenvalue weighted by atomic mass is 31.2. The molecule has 0 aromatic carbocycles. The quantitative estimate of drug-likeness (QED) is 0.0382. The molecule has 1 aliphatic rings. The summed E-state index contributed by atoms with van der Waals surface area (Å²) in [6.45, 7) is 3.49. The molecule has 9 N–H and O–H groups in total. The molecule has 8 atom stereocenters. The van der Waals surface area contributed by atoms with Crippen molar-refractivity contribution < 1.29 is 59.0 Å². The number of aliphatic hydroxyl groups is 7. The Bertz CT molecular complexity index is 963. The van der Waals surface area contributed by atoms with Crippen molar-refractivity contribution in [1.29, 1.82) is 0 Å². The van der Waals surface area contributed by atoms with Crippen LogP contribution in [0.25, 0.3) is 0 Å². The summed E-state index contributed by atoms with van der Waals surface area (Å²) in [5, 5.41) is 73.5. The van der Waals surface area contributed by atoms with Crippen LogP contribution in [0.4, 0.5) is 0 Å². The van der Waals surface area contributed by atoms with E-state index in [4.69, 9.17) is 9.05 Å². The Morgan fingerprint density at radius 3 is 1.91 bits per heavy atom. The Morgan fingerprint density at radius 1 is 0.745 bits per heavy atom. The molecule has 0 aromatic heterocycles. The summed E-state index contributed by atoms with van der Waals surface area (Å²) in [5.74, 6) is -0.622. The Balaban J connectivity index is 2.73. The number of phosphoric acid groups is 1. The summed E-state index contributed by atoms with van der Waals surface area (Å²) in [7, 11) is -5.13. The summed E-state index contributed by atoms with van der Waals surface area (Å²) in [4.78, 5) is 23.1. The first-order valence-corrected chi connectivity index (χ1v) is 18.5. The number of aliphatic hydroxyl groups excluding tert-OH is 7. The van der Waals surface area contributed by atoms with Crippen molar-refractivity contribution >= 4 is 13.7 Å². The van der Waals surface area contributed by atoms with Gasteiger partial charge in [-0.25, -0.2) is 4.57 Å². The molecule has 1 amide bonds.